The Hall–Kier alpha value is -2.49. The number of nitrogens with zero attached hydrogens (tertiary/aromatic N) is 1. The van der Waals surface area contributed by atoms with Gasteiger partial charge in [0, 0.05) is 31.3 Å². The molecule has 0 aromatic heterocycles. The number of anilines is 1. The molecule has 0 radical (unpaired) electrons. The minimum Gasteiger partial charge on any atom is -0.490 e. The Bertz CT molecular complexity index is 842. The van der Waals surface area contributed by atoms with E-state index in [2.05, 4.69) is 48.2 Å². The van der Waals surface area contributed by atoms with Crippen LogP contribution in [-0.2, 0) is 24.2 Å². The van der Waals surface area contributed by atoms with Crippen molar-refractivity contribution >= 4 is 11.7 Å². The van der Waals surface area contributed by atoms with Crippen LogP contribution in [0.4, 0.5) is 5.69 Å². The van der Waals surface area contributed by atoms with Crippen LogP contribution in [0.1, 0.15) is 47.9 Å². The Balaban J connectivity index is 1.49. The number of carboxylic acid groups (broad SMARTS) is 1. The van der Waals surface area contributed by atoms with Gasteiger partial charge in [-0.25, -0.2) is 0 Å². The van der Waals surface area contributed by atoms with Crippen molar-refractivity contribution in [3.63, 3.8) is 0 Å². The maximum Gasteiger partial charge on any atom is 0.303 e. The number of hydrogen-bond acceptors (Lipinski definition) is 3. The van der Waals surface area contributed by atoms with E-state index in [1.54, 1.807) is 0 Å². The number of carbonyl (C=O) groups is 1. The fraction of sp³-hybridized carbons (Fsp3) is 0.435. The van der Waals surface area contributed by atoms with Crippen molar-refractivity contribution in [3.05, 3.63) is 58.7 Å². The summed E-state index contributed by atoms with van der Waals surface area (Å²) in [4.78, 5) is 13.2. The summed E-state index contributed by atoms with van der Waals surface area (Å²) in [5.41, 5.74) is 6.35. The van der Waals surface area contributed by atoms with Crippen LogP contribution in [0, 0.1) is 6.92 Å². The standard InChI is InChI=1S/C23H27NO3/c1-16-5-9-21(27-20-3-2-4-20)14-22(16)24-12-11-18-13-17(7-10-23(25)26)6-8-19(18)15-24/h5-6,8-9,13-14,20H,2-4,7,10-12,15H2,1H3,(H,25,26). The van der Waals surface area contributed by atoms with Gasteiger partial charge in [-0.1, -0.05) is 24.3 Å². The largest absolute Gasteiger partial charge is 0.490 e. The summed E-state index contributed by atoms with van der Waals surface area (Å²) in [6.45, 7) is 4.03. The number of fused-ring (bicyclic) bond motifs is 1. The summed E-state index contributed by atoms with van der Waals surface area (Å²) in [6, 6.07) is 12.9. The zero-order valence-electron chi connectivity index (χ0n) is 15.9. The molecule has 0 atom stereocenters. The lowest BCUT2D eigenvalue weighted by atomic mass is 9.95. The first kappa shape index (κ1) is 17.9. The van der Waals surface area contributed by atoms with Gasteiger partial charge in [0.1, 0.15) is 5.75 Å². The molecule has 0 bridgehead atoms. The Morgan fingerprint density at radius 3 is 2.78 bits per heavy atom. The molecule has 4 nitrogen and oxygen atoms in total. The molecule has 142 valence electrons. The zero-order valence-corrected chi connectivity index (χ0v) is 15.9. The average molecular weight is 365 g/mol. The summed E-state index contributed by atoms with van der Waals surface area (Å²) in [7, 11) is 0. The third kappa shape index (κ3) is 4.10. The highest BCUT2D eigenvalue weighted by atomic mass is 16.5. The third-order valence-corrected chi connectivity index (χ3v) is 5.79. The Morgan fingerprint density at radius 1 is 1.19 bits per heavy atom. The number of aliphatic carboxylic acids is 1. The molecule has 1 saturated carbocycles. The highest BCUT2D eigenvalue weighted by molar-refractivity contribution is 5.67. The van der Waals surface area contributed by atoms with E-state index in [0.717, 1.165) is 30.8 Å². The second-order valence-electron chi connectivity index (χ2n) is 7.79. The van der Waals surface area contributed by atoms with E-state index in [0.29, 0.717) is 12.5 Å². The zero-order chi connectivity index (χ0) is 18.8. The SMILES string of the molecule is Cc1ccc(OC2CCC2)cc1N1CCc2cc(CCC(=O)O)ccc2C1. The molecule has 1 N–H and O–H groups in total. The van der Waals surface area contributed by atoms with Gasteiger partial charge in [-0.15, -0.1) is 0 Å². The first-order valence-electron chi connectivity index (χ1n) is 9.93. The van der Waals surface area contributed by atoms with E-state index in [-0.39, 0.29) is 6.42 Å². The highest BCUT2D eigenvalue weighted by Crippen LogP contribution is 2.33. The van der Waals surface area contributed by atoms with Gasteiger partial charge in [0.2, 0.25) is 0 Å². The van der Waals surface area contributed by atoms with E-state index in [9.17, 15) is 4.79 Å². The fourth-order valence-electron chi connectivity index (χ4n) is 3.90. The van der Waals surface area contributed by atoms with Crippen LogP contribution in [0.3, 0.4) is 0 Å². The second kappa shape index (κ2) is 7.63. The number of carboxylic acids is 1. The van der Waals surface area contributed by atoms with E-state index in [1.165, 1.54) is 41.6 Å². The summed E-state index contributed by atoms with van der Waals surface area (Å²) >= 11 is 0. The Morgan fingerprint density at radius 2 is 2.04 bits per heavy atom. The number of rotatable bonds is 6. The maximum absolute atomic E-state index is 10.8. The molecule has 1 aliphatic carbocycles. The van der Waals surface area contributed by atoms with Gasteiger partial charge in [0.05, 0.1) is 6.10 Å². The molecule has 4 heteroatoms. The van der Waals surface area contributed by atoms with Gasteiger partial charge < -0.3 is 14.7 Å². The van der Waals surface area contributed by atoms with Gasteiger partial charge in [0.15, 0.2) is 0 Å². The topological polar surface area (TPSA) is 49.8 Å². The lowest BCUT2D eigenvalue weighted by Gasteiger charge is -2.33. The molecule has 2 aliphatic rings. The van der Waals surface area contributed by atoms with Gasteiger partial charge >= 0.3 is 5.97 Å². The molecule has 2 aromatic carbocycles. The Labute approximate surface area is 160 Å². The van der Waals surface area contributed by atoms with Crippen LogP contribution in [0.2, 0.25) is 0 Å². The lowest BCUT2D eigenvalue weighted by Crippen LogP contribution is -2.31. The molecule has 1 heterocycles. The van der Waals surface area contributed by atoms with Gasteiger partial charge in [-0.2, -0.15) is 0 Å². The second-order valence-corrected chi connectivity index (χ2v) is 7.79. The van der Waals surface area contributed by atoms with Crippen molar-refractivity contribution in [3.8, 4) is 5.75 Å². The van der Waals surface area contributed by atoms with Crippen LogP contribution >= 0.6 is 0 Å². The number of aryl methyl sites for hydroxylation is 2. The van der Waals surface area contributed by atoms with Crippen molar-refractivity contribution in [1.29, 1.82) is 0 Å². The maximum atomic E-state index is 10.8. The highest BCUT2D eigenvalue weighted by Gasteiger charge is 2.21. The first-order chi connectivity index (χ1) is 13.1. The Kier molecular flexibility index (Phi) is 5.06. The monoisotopic (exact) mass is 365 g/mol. The summed E-state index contributed by atoms with van der Waals surface area (Å²) in [6.07, 6.45) is 5.80. The third-order valence-electron chi connectivity index (χ3n) is 5.79. The van der Waals surface area contributed by atoms with Gasteiger partial charge in [0.25, 0.3) is 0 Å². The van der Waals surface area contributed by atoms with Crippen LogP contribution in [0.15, 0.2) is 36.4 Å². The molecule has 0 saturated heterocycles. The minimum atomic E-state index is -0.738. The predicted molar refractivity (Wildman–Crippen MR) is 107 cm³/mol. The molecule has 27 heavy (non-hydrogen) atoms. The summed E-state index contributed by atoms with van der Waals surface area (Å²) < 4.78 is 6.09. The van der Waals surface area contributed by atoms with E-state index < -0.39 is 5.97 Å². The predicted octanol–water partition coefficient (Wildman–Crippen LogP) is 4.51. The fourth-order valence-corrected chi connectivity index (χ4v) is 3.90. The lowest BCUT2D eigenvalue weighted by molar-refractivity contribution is -0.136. The number of benzene rings is 2. The summed E-state index contributed by atoms with van der Waals surface area (Å²) in [5.74, 6) is 0.244. The van der Waals surface area contributed by atoms with E-state index >= 15 is 0 Å². The quantitative estimate of drug-likeness (QED) is 0.818. The molecular weight excluding hydrogens is 338 g/mol. The molecule has 1 fully saturated rings. The molecular formula is C23H27NO3. The molecule has 2 aromatic rings. The van der Waals surface area contributed by atoms with Crippen molar-refractivity contribution in [2.45, 2.75) is 58.1 Å². The molecule has 0 unspecified atom stereocenters. The summed E-state index contributed by atoms with van der Waals surface area (Å²) in [5, 5.41) is 8.88. The average Bonchev–Trinajstić information content (AvgIpc) is 2.63. The van der Waals surface area contributed by atoms with Crippen molar-refractivity contribution < 1.29 is 14.6 Å². The number of hydrogen-bond donors (Lipinski definition) is 1. The molecule has 0 spiro atoms. The first-order valence-corrected chi connectivity index (χ1v) is 9.93. The molecule has 0 amide bonds. The minimum absolute atomic E-state index is 0.192. The van der Waals surface area contributed by atoms with Crippen molar-refractivity contribution in [2.75, 3.05) is 11.4 Å². The van der Waals surface area contributed by atoms with Crippen molar-refractivity contribution in [2.24, 2.45) is 0 Å². The van der Waals surface area contributed by atoms with Crippen LogP contribution in [0.25, 0.3) is 0 Å². The van der Waals surface area contributed by atoms with Crippen LogP contribution in [-0.4, -0.2) is 23.7 Å². The van der Waals surface area contributed by atoms with Crippen LogP contribution in [0.5, 0.6) is 5.75 Å². The molecule has 4 rings (SSSR count). The molecule has 1 aliphatic heterocycles. The van der Waals surface area contributed by atoms with Gasteiger partial charge in [-0.3, -0.25) is 4.79 Å². The van der Waals surface area contributed by atoms with E-state index in [4.69, 9.17) is 9.84 Å². The van der Waals surface area contributed by atoms with Gasteiger partial charge in [-0.05, 0) is 67.3 Å². The number of ether oxygens (including phenoxy) is 1. The smallest absolute Gasteiger partial charge is 0.303 e. The normalized spacial score (nSPS) is 16.6. The van der Waals surface area contributed by atoms with Crippen molar-refractivity contribution in [1.82, 2.24) is 0 Å². The van der Waals surface area contributed by atoms with E-state index in [1.807, 2.05) is 0 Å². The van der Waals surface area contributed by atoms with Crippen LogP contribution < -0.4 is 9.64 Å².